The number of hydrogen-bond acceptors (Lipinski definition) is 6. The molecule has 0 amide bonds. The third-order valence-corrected chi connectivity index (χ3v) is 4.95. The fourth-order valence-corrected chi connectivity index (χ4v) is 3.39. The Labute approximate surface area is 190 Å². The molecule has 4 aromatic rings. The van der Waals surface area contributed by atoms with Crippen LogP contribution in [0.3, 0.4) is 0 Å². The van der Waals surface area contributed by atoms with Crippen LogP contribution in [0.2, 0.25) is 5.02 Å². The first-order valence-corrected chi connectivity index (χ1v) is 10.2. The lowest BCUT2D eigenvalue weighted by molar-refractivity contribution is 0.0948. The predicted octanol–water partition coefficient (Wildman–Crippen LogP) is 5.73. The lowest BCUT2D eigenvalue weighted by Crippen LogP contribution is -2.16. The minimum atomic E-state index is -0.335. The second-order valence-electron chi connectivity index (χ2n) is 6.79. The average Bonchev–Trinajstić information content (AvgIpc) is 3.21. The Morgan fingerprint density at radius 1 is 0.844 bits per heavy atom. The molecule has 8 heteroatoms. The number of anilines is 4. The number of aromatic nitrogens is 2. The van der Waals surface area contributed by atoms with Crippen LogP contribution in [0.1, 0.15) is 10.4 Å². The second-order valence-corrected chi connectivity index (χ2v) is 7.23. The largest absolute Gasteiger partial charge is 0.495 e. The predicted molar refractivity (Wildman–Crippen MR) is 126 cm³/mol. The standard InChI is InChI=1S/C24H21ClN4O3/c1-31-20-12-5-3-10-18(20)26-22-15-23(27-19-11-4-6-13-21(19)32-2)29(28-22)24(30)16-8-7-9-17(25)14-16/h3-15,27H,1-2H3,(H,26,28). The lowest BCUT2D eigenvalue weighted by Gasteiger charge is -2.12. The topological polar surface area (TPSA) is 77.4 Å². The van der Waals surface area contributed by atoms with E-state index >= 15 is 0 Å². The van der Waals surface area contributed by atoms with Crippen LogP contribution in [-0.4, -0.2) is 29.9 Å². The number of halogens is 1. The Morgan fingerprint density at radius 3 is 2.09 bits per heavy atom. The Kier molecular flexibility index (Phi) is 6.28. The molecule has 1 aromatic heterocycles. The molecule has 0 unspecified atom stereocenters. The maximum atomic E-state index is 13.3. The van der Waals surface area contributed by atoms with Gasteiger partial charge in [0.15, 0.2) is 5.82 Å². The molecule has 0 aliphatic carbocycles. The first-order valence-electron chi connectivity index (χ1n) is 9.79. The molecule has 0 saturated heterocycles. The molecule has 1 heterocycles. The molecule has 2 N–H and O–H groups in total. The van der Waals surface area contributed by atoms with Gasteiger partial charge in [-0.1, -0.05) is 41.9 Å². The number of hydrogen-bond donors (Lipinski definition) is 2. The van der Waals surface area contributed by atoms with Crippen molar-refractivity contribution in [1.29, 1.82) is 0 Å². The summed E-state index contributed by atoms with van der Waals surface area (Å²) in [5, 5.41) is 11.4. The molecule has 0 aliphatic heterocycles. The highest BCUT2D eigenvalue weighted by molar-refractivity contribution is 6.31. The third kappa shape index (κ3) is 4.53. The normalized spacial score (nSPS) is 10.5. The fourth-order valence-electron chi connectivity index (χ4n) is 3.20. The van der Waals surface area contributed by atoms with E-state index in [1.165, 1.54) is 4.68 Å². The minimum Gasteiger partial charge on any atom is -0.495 e. The Bertz CT molecular complexity index is 1260. The number of para-hydroxylation sites is 4. The zero-order chi connectivity index (χ0) is 22.5. The van der Waals surface area contributed by atoms with E-state index in [9.17, 15) is 4.79 Å². The molecule has 0 bridgehead atoms. The van der Waals surface area contributed by atoms with Gasteiger partial charge in [0, 0.05) is 16.7 Å². The van der Waals surface area contributed by atoms with Gasteiger partial charge in [0.25, 0.3) is 5.91 Å². The molecular weight excluding hydrogens is 428 g/mol. The van der Waals surface area contributed by atoms with E-state index in [2.05, 4.69) is 15.7 Å². The molecule has 0 fully saturated rings. The van der Waals surface area contributed by atoms with E-state index in [1.54, 1.807) is 44.6 Å². The SMILES string of the molecule is COc1ccccc1Nc1cc(Nc2ccccc2OC)n(C(=O)c2cccc(Cl)c2)n1. The molecule has 4 rings (SSSR count). The van der Waals surface area contributed by atoms with Crippen LogP contribution in [-0.2, 0) is 0 Å². The van der Waals surface area contributed by atoms with Crippen molar-refractivity contribution in [2.45, 2.75) is 0 Å². The summed E-state index contributed by atoms with van der Waals surface area (Å²) in [4.78, 5) is 13.3. The zero-order valence-electron chi connectivity index (χ0n) is 17.5. The maximum absolute atomic E-state index is 13.3. The van der Waals surface area contributed by atoms with Gasteiger partial charge >= 0.3 is 0 Å². The van der Waals surface area contributed by atoms with E-state index in [1.807, 2.05) is 48.5 Å². The third-order valence-electron chi connectivity index (χ3n) is 4.71. The van der Waals surface area contributed by atoms with Crippen molar-refractivity contribution in [3.05, 3.63) is 89.4 Å². The highest BCUT2D eigenvalue weighted by atomic mass is 35.5. The van der Waals surface area contributed by atoms with Gasteiger partial charge in [-0.15, -0.1) is 5.10 Å². The molecular formula is C24H21ClN4O3. The van der Waals surface area contributed by atoms with Gasteiger partial charge < -0.3 is 20.1 Å². The van der Waals surface area contributed by atoms with Crippen LogP contribution in [0.15, 0.2) is 78.9 Å². The van der Waals surface area contributed by atoms with Crippen molar-refractivity contribution in [2.75, 3.05) is 24.9 Å². The number of nitrogens with one attached hydrogen (secondary N) is 2. The van der Waals surface area contributed by atoms with Crippen LogP contribution in [0, 0.1) is 0 Å². The molecule has 0 spiro atoms. The summed E-state index contributed by atoms with van der Waals surface area (Å²) in [5.41, 5.74) is 1.82. The van der Waals surface area contributed by atoms with Crippen LogP contribution in [0.5, 0.6) is 11.5 Å². The number of nitrogens with zero attached hydrogens (tertiary/aromatic N) is 2. The van der Waals surface area contributed by atoms with Crippen molar-refractivity contribution >= 4 is 40.5 Å². The quantitative estimate of drug-likeness (QED) is 0.376. The van der Waals surface area contributed by atoms with E-state index in [0.717, 1.165) is 5.69 Å². The van der Waals surface area contributed by atoms with Gasteiger partial charge in [0.2, 0.25) is 0 Å². The number of carbonyl (C=O) groups is 1. The van der Waals surface area contributed by atoms with Gasteiger partial charge in [0.05, 0.1) is 25.6 Å². The summed E-state index contributed by atoms with van der Waals surface area (Å²) >= 11 is 6.09. The molecule has 32 heavy (non-hydrogen) atoms. The van der Waals surface area contributed by atoms with Crippen LogP contribution >= 0.6 is 11.6 Å². The van der Waals surface area contributed by atoms with Gasteiger partial charge in [-0.2, -0.15) is 4.68 Å². The van der Waals surface area contributed by atoms with Crippen molar-refractivity contribution < 1.29 is 14.3 Å². The second kappa shape index (κ2) is 9.45. The van der Waals surface area contributed by atoms with Crippen LogP contribution in [0.4, 0.5) is 23.0 Å². The van der Waals surface area contributed by atoms with Crippen molar-refractivity contribution in [2.24, 2.45) is 0 Å². The van der Waals surface area contributed by atoms with E-state index < -0.39 is 0 Å². The molecule has 162 valence electrons. The minimum absolute atomic E-state index is 0.335. The Hall–Kier alpha value is -3.97. The molecule has 0 atom stereocenters. The van der Waals surface area contributed by atoms with Crippen LogP contribution < -0.4 is 20.1 Å². The van der Waals surface area contributed by atoms with Crippen LogP contribution in [0.25, 0.3) is 0 Å². The number of methoxy groups -OCH3 is 2. The number of ether oxygens (including phenoxy) is 2. The maximum Gasteiger partial charge on any atom is 0.280 e. The lowest BCUT2D eigenvalue weighted by atomic mass is 10.2. The van der Waals surface area contributed by atoms with Crippen molar-refractivity contribution in [3.63, 3.8) is 0 Å². The first kappa shape index (κ1) is 21.3. The Morgan fingerprint density at radius 2 is 1.47 bits per heavy atom. The molecule has 0 radical (unpaired) electrons. The highest BCUT2D eigenvalue weighted by Gasteiger charge is 2.18. The monoisotopic (exact) mass is 448 g/mol. The summed E-state index contributed by atoms with van der Waals surface area (Å²) in [6.45, 7) is 0. The number of rotatable bonds is 7. The summed E-state index contributed by atoms with van der Waals surface area (Å²) in [6.07, 6.45) is 0. The number of carbonyl (C=O) groups excluding carboxylic acids is 1. The summed E-state index contributed by atoms with van der Waals surface area (Å²) in [7, 11) is 3.18. The van der Waals surface area contributed by atoms with E-state index in [0.29, 0.717) is 39.4 Å². The highest BCUT2D eigenvalue weighted by Crippen LogP contribution is 2.31. The van der Waals surface area contributed by atoms with Gasteiger partial charge in [-0.3, -0.25) is 4.79 Å². The molecule has 7 nitrogen and oxygen atoms in total. The zero-order valence-corrected chi connectivity index (χ0v) is 18.3. The number of benzene rings is 3. The van der Waals surface area contributed by atoms with Crippen molar-refractivity contribution in [3.8, 4) is 11.5 Å². The first-order chi connectivity index (χ1) is 15.6. The van der Waals surface area contributed by atoms with Gasteiger partial charge in [-0.05, 0) is 42.5 Å². The average molecular weight is 449 g/mol. The van der Waals surface area contributed by atoms with Crippen molar-refractivity contribution in [1.82, 2.24) is 9.78 Å². The summed E-state index contributed by atoms with van der Waals surface area (Å²) in [6, 6.07) is 23.4. The van der Waals surface area contributed by atoms with E-state index in [-0.39, 0.29) is 5.91 Å². The smallest absolute Gasteiger partial charge is 0.280 e. The summed E-state index contributed by atoms with van der Waals surface area (Å²) in [5.74, 6) is 1.87. The molecule has 0 saturated carbocycles. The molecule has 0 aliphatic rings. The summed E-state index contributed by atoms with van der Waals surface area (Å²) < 4.78 is 12.1. The Balaban J connectivity index is 1.75. The van der Waals surface area contributed by atoms with Gasteiger partial charge in [-0.25, -0.2) is 0 Å². The van der Waals surface area contributed by atoms with Gasteiger partial charge in [0.1, 0.15) is 17.3 Å². The molecule has 3 aromatic carbocycles. The fraction of sp³-hybridized carbons (Fsp3) is 0.0833. The van der Waals surface area contributed by atoms with E-state index in [4.69, 9.17) is 21.1 Å².